The first-order valence-corrected chi connectivity index (χ1v) is 9.20. The molecule has 0 bridgehead atoms. The van der Waals surface area contributed by atoms with Gasteiger partial charge in [0.05, 0.1) is 0 Å². The topological polar surface area (TPSA) is 50.8 Å². The summed E-state index contributed by atoms with van der Waals surface area (Å²) in [6, 6.07) is 0.193. The molecule has 0 spiro atoms. The number of ether oxygens (including phenoxy) is 2. The highest BCUT2D eigenvalue weighted by Crippen LogP contribution is 2.22. The van der Waals surface area contributed by atoms with E-state index in [9.17, 15) is 18.0 Å². The van der Waals surface area contributed by atoms with Gasteiger partial charge >= 0.3 is 12.5 Å². The highest BCUT2D eigenvalue weighted by atomic mass is 19.4. The molecule has 1 aliphatic heterocycles. The molecule has 8 heteroatoms. The van der Waals surface area contributed by atoms with Crippen molar-refractivity contribution in [3.8, 4) is 0 Å². The smallest absolute Gasteiger partial charge is 0.444 e. The minimum absolute atomic E-state index is 0.193. The van der Waals surface area contributed by atoms with Crippen molar-refractivity contribution in [1.29, 1.82) is 0 Å². The number of likely N-dealkylation sites (tertiary alicyclic amines) is 1. The fourth-order valence-corrected chi connectivity index (χ4v) is 2.71. The number of rotatable bonds is 5. The maximum atomic E-state index is 12.3. The van der Waals surface area contributed by atoms with Crippen LogP contribution in [0.1, 0.15) is 53.9 Å². The number of carbonyl (C=O) groups is 1. The summed E-state index contributed by atoms with van der Waals surface area (Å²) in [5.74, 6) is -0.223. The molecule has 1 rings (SSSR count). The van der Waals surface area contributed by atoms with Crippen LogP contribution in [0.3, 0.4) is 0 Å². The molecular formula is C19H31F3N2O3. The predicted molar refractivity (Wildman–Crippen MR) is 98.1 cm³/mol. The number of hydrogen-bond donors (Lipinski definition) is 1. The second kappa shape index (κ2) is 10.0. The first-order chi connectivity index (χ1) is 12.4. The highest BCUT2D eigenvalue weighted by Gasteiger charge is 2.31. The van der Waals surface area contributed by atoms with Crippen molar-refractivity contribution in [3.05, 3.63) is 23.5 Å². The van der Waals surface area contributed by atoms with E-state index in [0.29, 0.717) is 19.6 Å². The van der Waals surface area contributed by atoms with Gasteiger partial charge < -0.3 is 19.7 Å². The van der Waals surface area contributed by atoms with Crippen LogP contribution in [0.15, 0.2) is 23.5 Å². The number of nitrogens with zero attached hydrogens (tertiary/aromatic N) is 1. The van der Waals surface area contributed by atoms with Gasteiger partial charge in [-0.3, -0.25) is 0 Å². The van der Waals surface area contributed by atoms with Crippen molar-refractivity contribution >= 4 is 6.09 Å². The van der Waals surface area contributed by atoms with Gasteiger partial charge in [0.15, 0.2) is 0 Å². The molecule has 0 aliphatic carbocycles. The Morgan fingerprint density at radius 1 is 1.19 bits per heavy atom. The molecule has 1 atom stereocenters. The molecule has 1 heterocycles. The minimum Gasteiger partial charge on any atom is -0.444 e. The number of carbonyl (C=O) groups excluding carboxylic acids is 1. The van der Waals surface area contributed by atoms with Crippen molar-refractivity contribution in [2.24, 2.45) is 0 Å². The molecule has 5 nitrogen and oxygen atoms in total. The molecule has 27 heavy (non-hydrogen) atoms. The predicted octanol–water partition coefficient (Wildman–Crippen LogP) is 4.75. The zero-order chi connectivity index (χ0) is 20.7. The van der Waals surface area contributed by atoms with Gasteiger partial charge in [-0.25, -0.2) is 4.79 Å². The van der Waals surface area contributed by atoms with Crippen LogP contribution >= 0.6 is 0 Å². The molecule has 1 saturated heterocycles. The van der Waals surface area contributed by atoms with Gasteiger partial charge in [-0.05, 0) is 66.0 Å². The van der Waals surface area contributed by atoms with Crippen molar-refractivity contribution in [2.45, 2.75) is 71.9 Å². The molecule has 0 radical (unpaired) electrons. The molecule has 0 aromatic rings. The van der Waals surface area contributed by atoms with Gasteiger partial charge in [0.25, 0.3) is 0 Å². The highest BCUT2D eigenvalue weighted by molar-refractivity contribution is 5.68. The average Bonchev–Trinajstić information content (AvgIpc) is 2.75. The molecule has 1 amide bonds. The Kier molecular flexibility index (Phi) is 8.65. The maximum absolute atomic E-state index is 12.3. The maximum Gasteiger partial charge on any atom is 0.573 e. The van der Waals surface area contributed by atoms with E-state index in [1.807, 2.05) is 20.8 Å². The molecular weight excluding hydrogens is 361 g/mol. The lowest BCUT2D eigenvalue weighted by molar-refractivity contribution is -0.303. The number of alkyl halides is 3. The second-order valence-corrected chi connectivity index (χ2v) is 7.71. The van der Waals surface area contributed by atoms with E-state index in [-0.39, 0.29) is 17.9 Å². The monoisotopic (exact) mass is 392 g/mol. The van der Waals surface area contributed by atoms with Crippen molar-refractivity contribution < 1.29 is 27.4 Å². The molecule has 1 aliphatic rings. The molecule has 0 aromatic heterocycles. The Morgan fingerprint density at radius 3 is 2.41 bits per heavy atom. The lowest BCUT2D eigenvalue weighted by Gasteiger charge is -2.26. The van der Waals surface area contributed by atoms with Gasteiger partial charge in [-0.2, -0.15) is 0 Å². The summed E-state index contributed by atoms with van der Waals surface area (Å²) in [7, 11) is 0. The van der Waals surface area contributed by atoms with Crippen LogP contribution in [0, 0.1) is 0 Å². The SMILES string of the molecule is C/C=C(\C=C(/C)CNC1CCCN(C(=O)OC(C)(C)C)CC1)OC(F)(F)F. The number of hydrogen-bond acceptors (Lipinski definition) is 4. The Balaban J connectivity index is 2.50. The van der Waals surface area contributed by atoms with E-state index < -0.39 is 12.0 Å². The van der Waals surface area contributed by atoms with E-state index in [1.54, 1.807) is 11.8 Å². The van der Waals surface area contributed by atoms with Crippen LogP contribution in [-0.4, -0.2) is 48.6 Å². The Morgan fingerprint density at radius 2 is 1.85 bits per heavy atom. The van der Waals surface area contributed by atoms with E-state index >= 15 is 0 Å². The van der Waals surface area contributed by atoms with E-state index in [0.717, 1.165) is 24.8 Å². The zero-order valence-electron chi connectivity index (χ0n) is 16.8. The number of amides is 1. The molecule has 1 fully saturated rings. The standard InChI is InChI=1S/C19H31F3N2O3/c1-6-16(26-19(20,21)22)12-14(2)13-23-15-8-7-10-24(11-9-15)17(25)27-18(3,4)5/h6,12,15,23H,7-11,13H2,1-5H3/b14-12+,16-6+. The lowest BCUT2D eigenvalue weighted by atomic mass is 10.1. The third-order valence-electron chi connectivity index (χ3n) is 3.96. The summed E-state index contributed by atoms with van der Waals surface area (Å²) < 4.78 is 46.3. The van der Waals surface area contributed by atoms with Crippen molar-refractivity contribution in [2.75, 3.05) is 19.6 Å². The summed E-state index contributed by atoms with van der Waals surface area (Å²) in [5.41, 5.74) is 0.215. The van der Waals surface area contributed by atoms with E-state index in [2.05, 4.69) is 10.1 Å². The van der Waals surface area contributed by atoms with Gasteiger partial charge in [0.1, 0.15) is 11.4 Å². The third kappa shape index (κ3) is 10.3. The first kappa shape index (κ1) is 23.3. The van der Waals surface area contributed by atoms with Gasteiger partial charge in [-0.15, -0.1) is 13.2 Å². The molecule has 1 N–H and O–H groups in total. The fourth-order valence-electron chi connectivity index (χ4n) is 2.71. The van der Waals surface area contributed by atoms with Gasteiger partial charge in [-0.1, -0.05) is 5.57 Å². The summed E-state index contributed by atoms with van der Waals surface area (Å²) in [4.78, 5) is 13.9. The third-order valence-corrected chi connectivity index (χ3v) is 3.96. The summed E-state index contributed by atoms with van der Waals surface area (Å²) in [6.07, 6.45) is 0.159. The number of halogens is 3. The molecule has 156 valence electrons. The average molecular weight is 392 g/mol. The van der Waals surface area contributed by atoms with Crippen LogP contribution in [0.4, 0.5) is 18.0 Å². The van der Waals surface area contributed by atoms with Crippen LogP contribution in [0.2, 0.25) is 0 Å². The normalized spacial score (nSPS) is 20.3. The molecule has 1 unspecified atom stereocenters. The minimum atomic E-state index is -4.70. The number of allylic oxidation sites excluding steroid dienone is 2. The van der Waals surface area contributed by atoms with Crippen LogP contribution in [0.5, 0.6) is 0 Å². The second-order valence-electron chi connectivity index (χ2n) is 7.71. The van der Waals surface area contributed by atoms with Gasteiger partial charge in [0.2, 0.25) is 0 Å². The van der Waals surface area contributed by atoms with Crippen LogP contribution in [-0.2, 0) is 9.47 Å². The molecule has 0 aromatic carbocycles. The van der Waals surface area contributed by atoms with Crippen molar-refractivity contribution in [1.82, 2.24) is 10.2 Å². The van der Waals surface area contributed by atoms with E-state index in [1.165, 1.54) is 19.1 Å². The quantitative estimate of drug-likeness (QED) is 0.542. The Hall–Kier alpha value is -1.70. The Labute approximate surface area is 159 Å². The zero-order valence-corrected chi connectivity index (χ0v) is 16.8. The number of nitrogens with one attached hydrogen (secondary N) is 1. The lowest BCUT2D eigenvalue weighted by Crippen LogP contribution is -2.38. The van der Waals surface area contributed by atoms with Crippen LogP contribution in [0.25, 0.3) is 0 Å². The fraction of sp³-hybridized carbons (Fsp3) is 0.737. The first-order valence-electron chi connectivity index (χ1n) is 9.20. The summed E-state index contributed by atoms with van der Waals surface area (Å²) in [5, 5.41) is 3.35. The summed E-state index contributed by atoms with van der Waals surface area (Å²) >= 11 is 0. The molecule has 0 saturated carbocycles. The van der Waals surface area contributed by atoms with Crippen molar-refractivity contribution in [3.63, 3.8) is 0 Å². The van der Waals surface area contributed by atoms with Crippen LogP contribution < -0.4 is 5.32 Å². The van der Waals surface area contributed by atoms with Gasteiger partial charge in [0, 0.05) is 25.7 Å². The largest absolute Gasteiger partial charge is 0.573 e. The summed E-state index contributed by atoms with van der Waals surface area (Å²) in [6.45, 7) is 10.4. The van der Waals surface area contributed by atoms with E-state index in [4.69, 9.17) is 4.74 Å². The Bertz CT molecular complexity index is 551.